The lowest BCUT2D eigenvalue weighted by atomic mass is 9.89. The molecule has 0 atom stereocenters. The van der Waals surface area contributed by atoms with E-state index in [9.17, 15) is 0 Å². The summed E-state index contributed by atoms with van der Waals surface area (Å²) in [5.41, 5.74) is 1.91. The Morgan fingerprint density at radius 1 is 1.18 bits per heavy atom. The molecular weight excluding hydrogens is 208 g/mol. The standard InChI is InChI=1S/C15H20N2/c16-10-14-8-4-5-9-15(14)12-17-11-13-6-2-1-3-7-13/h4-5,8-9,13,17H,1-3,6-7,11-12H2. The van der Waals surface area contributed by atoms with Crippen molar-refractivity contribution in [1.82, 2.24) is 5.32 Å². The fourth-order valence-electron chi connectivity index (χ4n) is 2.59. The summed E-state index contributed by atoms with van der Waals surface area (Å²) < 4.78 is 0. The van der Waals surface area contributed by atoms with Crippen LogP contribution >= 0.6 is 0 Å². The molecule has 90 valence electrons. The first-order chi connectivity index (χ1) is 8.40. The van der Waals surface area contributed by atoms with Crippen molar-refractivity contribution in [2.45, 2.75) is 38.6 Å². The molecule has 1 aliphatic carbocycles. The zero-order valence-electron chi connectivity index (χ0n) is 10.3. The molecule has 1 saturated carbocycles. The van der Waals surface area contributed by atoms with Gasteiger partial charge < -0.3 is 5.32 Å². The number of hydrogen-bond donors (Lipinski definition) is 1. The molecule has 17 heavy (non-hydrogen) atoms. The first-order valence-electron chi connectivity index (χ1n) is 6.59. The van der Waals surface area contributed by atoms with E-state index in [4.69, 9.17) is 5.26 Å². The van der Waals surface area contributed by atoms with Gasteiger partial charge in [0.1, 0.15) is 0 Å². The molecule has 0 aromatic heterocycles. The third-order valence-corrected chi connectivity index (χ3v) is 3.61. The van der Waals surface area contributed by atoms with Gasteiger partial charge in [0.15, 0.2) is 0 Å². The Labute approximate surface area is 104 Å². The summed E-state index contributed by atoms with van der Waals surface area (Å²) in [4.78, 5) is 0. The molecular formula is C15H20N2. The van der Waals surface area contributed by atoms with E-state index in [0.29, 0.717) is 0 Å². The molecule has 2 rings (SSSR count). The second-order valence-corrected chi connectivity index (χ2v) is 4.90. The summed E-state index contributed by atoms with van der Waals surface area (Å²) in [6.45, 7) is 1.92. The second-order valence-electron chi connectivity index (χ2n) is 4.90. The molecule has 1 aromatic carbocycles. The molecule has 0 radical (unpaired) electrons. The maximum Gasteiger partial charge on any atom is 0.0995 e. The smallest absolute Gasteiger partial charge is 0.0995 e. The second kappa shape index (κ2) is 6.42. The molecule has 1 N–H and O–H groups in total. The Balaban J connectivity index is 1.79. The van der Waals surface area contributed by atoms with Gasteiger partial charge in [-0.3, -0.25) is 0 Å². The first kappa shape index (κ1) is 12.1. The summed E-state index contributed by atoms with van der Waals surface area (Å²) in [6.07, 6.45) is 6.93. The summed E-state index contributed by atoms with van der Waals surface area (Å²) in [7, 11) is 0. The van der Waals surface area contributed by atoms with Crippen LogP contribution in [0.25, 0.3) is 0 Å². The Morgan fingerprint density at radius 2 is 1.94 bits per heavy atom. The van der Waals surface area contributed by atoms with Crippen LogP contribution in [0.5, 0.6) is 0 Å². The topological polar surface area (TPSA) is 35.8 Å². The number of nitriles is 1. The van der Waals surface area contributed by atoms with Crippen LogP contribution < -0.4 is 5.32 Å². The van der Waals surface area contributed by atoms with Crippen LogP contribution in [-0.4, -0.2) is 6.54 Å². The molecule has 1 aliphatic rings. The Hall–Kier alpha value is -1.33. The predicted molar refractivity (Wildman–Crippen MR) is 69.4 cm³/mol. The van der Waals surface area contributed by atoms with Crippen LogP contribution in [0.4, 0.5) is 0 Å². The summed E-state index contributed by atoms with van der Waals surface area (Å²) in [5, 5.41) is 12.5. The van der Waals surface area contributed by atoms with Gasteiger partial charge in [-0.25, -0.2) is 0 Å². The minimum absolute atomic E-state index is 0.795. The quantitative estimate of drug-likeness (QED) is 0.858. The van der Waals surface area contributed by atoms with Crippen LogP contribution in [0, 0.1) is 17.2 Å². The first-order valence-corrected chi connectivity index (χ1v) is 6.59. The van der Waals surface area contributed by atoms with E-state index >= 15 is 0 Å². The fraction of sp³-hybridized carbons (Fsp3) is 0.533. The highest BCUT2D eigenvalue weighted by Crippen LogP contribution is 2.22. The highest BCUT2D eigenvalue weighted by atomic mass is 14.9. The highest BCUT2D eigenvalue weighted by molar-refractivity contribution is 5.37. The van der Waals surface area contributed by atoms with Crippen LogP contribution in [0.2, 0.25) is 0 Å². The van der Waals surface area contributed by atoms with Gasteiger partial charge in [0, 0.05) is 6.54 Å². The van der Waals surface area contributed by atoms with Crippen molar-refractivity contribution in [2.24, 2.45) is 5.92 Å². The molecule has 1 aromatic rings. The maximum atomic E-state index is 8.99. The van der Waals surface area contributed by atoms with Gasteiger partial charge in [0.2, 0.25) is 0 Å². The number of rotatable bonds is 4. The predicted octanol–water partition coefficient (Wildman–Crippen LogP) is 3.23. The van der Waals surface area contributed by atoms with Crippen molar-refractivity contribution in [1.29, 1.82) is 5.26 Å². The summed E-state index contributed by atoms with van der Waals surface area (Å²) in [6, 6.07) is 10.1. The molecule has 2 nitrogen and oxygen atoms in total. The maximum absolute atomic E-state index is 8.99. The molecule has 0 amide bonds. The minimum Gasteiger partial charge on any atom is -0.312 e. The van der Waals surface area contributed by atoms with Crippen molar-refractivity contribution in [3.63, 3.8) is 0 Å². The number of nitrogens with zero attached hydrogens (tertiary/aromatic N) is 1. The van der Waals surface area contributed by atoms with E-state index in [1.165, 1.54) is 32.1 Å². The van der Waals surface area contributed by atoms with Crippen LogP contribution in [0.15, 0.2) is 24.3 Å². The fourth-order valence-corrected chi connectivity index (χ4v) is 2.59. The average molecular weight is 228 g/mol. The SMILES string of the molecule is N#Cc1ccccc1CNCC1CCCCC1. The van der Waals surface area contributed by atoms with E-state index in [1.54, 1.807) is 0 Å². The van der Waals surface area contributed by atoms with Crippen LogP contribution in [0.1, 0.15) is 43.2 Å². The van der Waals surface area contributed by atoms with Gasteiger partial charge in [-0.1, -0.05) is 37.5 Å². The van der Waals surface area contributed by atoms with Crippen molar-refractivity contribution in [3.8, 4) is 6.07 Å². The van der Waals surface area contributed by atoms with E-state index in [1.807, 2.05) is 24.3 Å². The highest BCUT2D eigenvalue weighted by Gasteiger charge is 2.12. The van der Waals surface area contributed by atoms with Crippen molar-refractivity contribution in [2.75, 3.05) is 6.54 Å². The Morgan fingerprint density at radius 3 is 2.71 bits per heavy atom. The third-order valence-electron chi connectivity index (χ3n) is 3.61. The minimum atomic E-state index is 0.795. The molecule has 0 spiro atoms. The van der Waals surface area contributed by atoms with Gasteiger partial charge in [0.05, 0.1) is 11.6 Å². The van der Waals surface area contributed by atoms with Crippen LogP contribution in [0.3, 0.4) is 0 Å². The number of nitrogens with one attached hydrogen (secondary N) is 1. The molecule has 1 fully saturated rings. The molecule has 0 heterocycles. The molecule has 0 aliphatic heterocycles. The van der Waals surface area contributed by atoms with E-state index < -0.39 is 0 Å². The zero-order valence-corrected chi connectivity index (χ0v) is 10.3. The van der Waals surface area contributed by atoms with E-state index in [-0.39, 0.29) is 0 Å². The molecule has 0 saturated heterocycles. The van der Waals surface area contributed by atoms with Gasteiger partial charge in [-0.2, -0.15) is 5.26 Å². The zero-order chi connectivity index (χ0) is 11.9. The van der Waals surface area contributed by atoms with Crippen molar-refractivity contribution >= 4 is 0 Å². The Kier molecular flexibility index (Phi) is 4.58. The molecule has 2 heteroatoms. The third kappa shape index (κ3) is 3.57. The lowest BCUT2D eigenvalue weighted by Gasteiger charge is -2.21. The molecule has 0 unspecified atom stereocenters. The average Bonchev–Trinajstić information content (AvgIpc) is 2.40. The monoisotopic (exact) mass is 228 g/mol. The summed E-state index contributed by atoms with van der Waals surface area (Å²) >= 11 is 0. The van der Waals surface area contributed by atoms with Crippen molar-refractivity contribution in [3.05, 3.63) is 35.4 Å². The lowest BCUT2D eigenvalue weighted by Crippen LogP contribution is -2.24. The van der Waals surface area contributed by atoms with Gasteiger partial charge in [-0.15, -0.1) is 0 Å². The van der Waals surface area contributed by atoms with E-state index in [0.717, 1.165) is 30.1 Å². The number of hydrogen-bond acceptors (Lipinski definition) is 2. The Bertz CT molecular complexity index is 386. The molecule has 0 bridgehead atoms. The van der Waals surface area contributed by atoms with Gasteiger partial charge >= 0.3 is 0 Å². The van der Waals surface area contributed by atoms with Gasteiger partial charge in [0.25, 0.3) is 0 Å². The largest absolute Gasteiger partial charge is 0.312 e. The van der Waals surface area contributed by atoms with Crippen LogP contribution in [-0.2, 0) is 6.54 Å². The lowest BCUT2D eigenvalue weighted by molar-refractivity contribution is 0.342. The van der Waals surface area contributed by atoms with E-state index in [2.05, 4.69) is 11.4 Å². The normalized spacial score (nSPS) is 16.6. The van der Waals surface area contributed by atoms with Crippen molar-refractivity contribution < 1.29 is 0 Å². The number of benzene rings is 1. The van der Waals surface area contributed by atoms with Gasteiger partial charge in [-0.05, 0) is 36.9 Å². The summed E-state index contributed by atoms with van der Waals surface area (Å²) in [5.74, 6) is 0.845.